The van der Waals surface area contributed by atoms with Crippen molar-refractivity contribution >= 4 is 17.7 Å². The molecule has 2 N–H and O–H groups in total. The second-order valence-corrected chi connectivity index (χ2v) is 8.18. The Balaban J connectivity index is 1.35. The first-order valence-electron chi connectivity index (χ1n) is 10.0. The molecule has 1 aliphatic heterocycles. The van der Waals surface area contributed by atoms with Gasteiger partial charge in [0.15, 0.2) is 16.7 Å². The summed E-state index contributed by atoms with van der Waals surface area (Å²) in [6, 6.07) is 13.2. The predicted octanol–water partition coefficient (Wildman–Crippen LogP) is 2.97. The van der Waals surface area contributed by atoms with Gasteiger partial charge in [0.25, 0.3) is 5.56 Å². The number of amides is 1. The van der Waals surface area contributed by atoms with E-state index in [0.717, 1.165) is 16.9 Å². The smallest absolute Gasteiger partial charge is 0.255 e. The largest absolute Gasteiger partial charge is 0.497 e. The standard InChI is InChI=1S/C23H23N3O5S/c1-14-18(10-21(27)24-11-15-6-7-19-20(9-15)31-13-30-19)22(28)26-23(25-14)32-12-16-4-3-5-17(8-16)29-2/h3-9H,10-13H2,1-2H3,(H,24,27)(H,25,26,28). The Bertz CT molecular complexity index is 1190. The number of thioether (sulfide) groups is 1. The number of H-pyrrole nitrogens is 1. The number of carbonyl (C=O) groups is 1. The molecule has 0 atom stereocenters. The fourth-order valence-electron chi connectivity index (χ4n) is 3.25. The Morgan fingerprint density at radius 1 is 1.19 bits per heavy atom. The fourth-order valence-corrected chi connectivity index (χ4v) is 4.10. The molecule has 0 radical (unpaired) electrons. The number of fused-ring (bicyclic) bond motifs is 1. The first kappa shape index (κ1) is 21.8. The zero-order chi connectivity index (χ0) is 22.5. The molecule has 8 nitrogen and oxygen atoms in total. The van der Waals surface area contributed by atoms with Gasteiger partial charge >= 0.3 is 0 Å². The lowest BCUT2D eigenvalue weighted by molar-refractivity contribution is -0.120. The van der Waals surface area contributed by atoms with Gasteiger partial charge in [-0.05, 0) is 42.3 Å². The lowest BCUT2D eigenvalue weighted by atomic mass is 10.1. The van der Waals surface area contributed by atoms with Crippen molar-refractivity contribution in [2.24, 2.45) is 0 Å². The number of nitrogens with one attached hydrogen (secondary N) is 2. The monoisotopic (exact) mass is 453 g/mol. The normalized spacial score (nSPS) is 11.9. The molecular formula is C23H23N3O5S. The van der Waals surface area contributed by atoms with E-state index in [0.29, 0.717) is 40.2 Å². The molecule has 0 unspecified atom stereocenters. The number of hydrogen-bond donors (Lipinski definition) is 2. The molecule has 4 rings (SSSR count). The van der Waals surface area contributed by atoms with Crippen LogP contribution in [0.25, 0.3) is 0 Å². The maximum atomic E-state index is 12.6. The van der Waals surface area contributed by atoms with Crippen LogP contribution in [-0.2, 0) is 23.5 Å². The first-order chi connectivity index (χ1) is 15.5. The van der Waals surface area contributed by atoms with Gasteiger partial charge in [0.2, 0.25) is 12.7 Å². The van der Waals surface area contributed by atoms with Gasteiger partial charge in [-0.1, -0.05) is 30.0 Å². The van der Waals surface area contributed by atoms with E-state index in [2.05, 4.69) is 15.3 Å². The number of benzene rings is 2. The molecule has 1 aromatic heterocycles. The van der Waals surface area contributed by atoms with E-state index in [1.807, 2.05) is 42.5 Å². The molecule has 0 bridgehead atoms. The van der Waals surface area contributed by atoms with Gasteiger partial charge < -0.3 is 24.5 Å². The molecule has 0 spiro atoms. The minimum atomic E-state index is -0.302. The van der Waals surface area contributed by atoms with Crippen molar-refractivity contribution in [1.29, 1.82) is 0 Å². The van der Waals surface area contributed by atoms with Crippen LogP contribution in [0.5, 0.6) is 17.2 Å². The molecule has 1 aliphatic rings. The molecule has 0 saturated heterocycles. The van der Waals surface area contributed by atoms with Crippen LogP contribution >= 0.6 is 11.8 Å². The highest BCUT2D eigenvalue weighted by Gasteiger charge is 2.15. The topological polar surface area (TPSA) is 103 Å². The minimum absolute atomic E-state index is 0.0421. The maximum Gasteiger partial charge on any atom is 0.255 e. The van der Waals surface area contributed by atoms with E-state index < -0.39 is 0 Å². The van der Waals surface area contributed by atoms with Gasteiger partial charge in [0.1, 0.15) is 5.75 Å². The summed E-state index contributed by atoms with van der Waals surface area (Å²) in [4.78, 5) is 32.2. The zero-order valence-corrected chi connectivity index (χ0v) is 18.6. The van der Waals surface area contributed by atoms with Crippen LogP contribution in [0.4, 0.5) is 0 Å². The van der Waals surface area contributed by atoms with Crippen molar-refractivity contribution in [2.75, 3.05) is 13.9 Å². The molecule has 3 aromatic rings. The van der Waals surface area contributed by atoms with Crippen LogP contribution in [0.3, 0.4) is 0 Å². The van der Waals surface area contributed by atoms with Crippen LogP contribution in [0.1, 0.15) is 22.4 Å². The number of aryl methyl sites for hydroxylation is 1. The minimum Gasteiger partial charge on any atom is -0.497 e. The van der Waals surface area contributed by atoms with Gasteiger partial charge in [-0.3, -0.25) is 9.59 Å². The lowest BCUT2D eigenvalue weighted by Crippen LogP contribution is -2.28. The van der Waals surface area contributed by atoms with Gasteiger partial charge in [-0.2, -0.15) is 0 Å². The van der Waals surface area contributed by atoms with Crippen molar-refractivity contribution in [3.05, 3.63) is 75.2 Å². The number of rotatable bonds is 8. The maximum absolute atomic E-state index is 12.6. The molecule has 2 heterocycles. The molecule has 1 amide bonds. The van der Waals surface area contributed by atoms with Gasteiger partial charge in [-0.15, -0.1) is 0 Å². The third kappa shape index (κ3) is 5.23. The molecule has 9 heteroatoms. The number of nitrogens with zero attached hydrogens (tertiary/aromatic N) is 1. The van der Waals surface area contributed by atoms with Crippen LogP contribution in [-0.4, -0.2) is 29.8 Å². The fraction of sp³-hybridized carbons (Fsp3) is 0.261. The third-order valence-corrected chi connectivity index (χ3v) is 5.92. The summed E-state index contributed by atoms with van der Waals surface area (Å²) >= 11 is 1.42. The molecule has 0 fully saturated rings. The van der Waals surface area contributed by atoms with Crippen LogP contribution in [0.2, 0.25) is 0 Å². The van der Waals surface area contributed by atoms with Crippen molar-refractivity contribution in [1.82, 2.24) is 15.3 Å². The highest BCUT2D eigenvalue weighted by molar-refractivity contribution is 7.98. The van der Waals surface area contributed by atoms with E-state index in [1.165, 1.54) is 11.8 Å². The molecule has 166 valence electrons. The van der Waals surface area contributed by atoms with Gasteiger partial charge in [-0.25, -0.2) is 4.98 Å². The summed E-state index contributed by atoms with van der Waals surface area (Å²) in [6.45, 7) is 2.27. The number of ether oxygens (including phenoxy) is 3. The van der Waals surface area contributed by atoms with E-state index >= 15 is 0 Å². The summed E-state index contributed by atoms with van der Waals surface area (Å²) in [5.41, 5.74) is 2.54. The molecule has 0 aliphatic carbocycles. The van der Waals surface area contributed by atoms with Crippen LogP contribution in [0, 0.1) is 6.92 Å². The number of aromatic nitrogens is 2. The van der Waals surface area contributed by atoms with Gasteiger partial charge in [0.05, 0.1) is 13.5 Å². The van der Waals surface area contributed by atoms with Crippen molar-refractivity contribution in [3.63, 3.8) is 0 Å². The Kier molecular flexibility index (Phi) is 6.65. The summed E-state index contributed by atoms with van der Waals surface area (Å²) in [6.07, 6.45) is -0.0421. The number of aromatic amines is 1. The summed E-state index contributed by atoms with van der Waals surface area (Å²) < 4.78 is 15.9. The number of hydrogen-bond acceptors (Lipinski definition) is 7. The summed E-state index contributed by atoms with van der Waals surface area (Å²) in [7, 11) is 1.62. The Morgan fingerprint density at radius 2 is 2.03 bits per heavy atom. The van der Waals surface area contributed by atoms with E-state index in [9.17, 15) is 9.59 Å². The highest BCUT2D eigenvalue weighted by Crippen LogP contribution is 2.32. The van der Waals surface area contributed by atoms with Crippen LogP contribution in [0.15, 0.2) is 52.4 Å². The average molecular weight is 454 g/mol. The molecule has 32 heavy (non-hydrogen) atoms. The highest BCUT2D eigenvalue weighted by atomic mass is 32.2. The summed E-state index contributed by atoms with van der Waals surface area (Å²) in [5.74, 6) is 2.51. The SMILES string of the molecule is COc1cccc(CSc2nc(C)c(CC(=O)NCc3ccc4c(c3)OCO4)c(=O)[nH]2)c1. The second-order valence-electron chi connectivity index (χ2n) is 7.22. The molecule has 2 aromatic carbocycles. The predicted molar refractivity (Wildman–Crippen MR) is 120 cm³/mol. The Hall–Kier alpha value is -3.46. The van der Waals surface area contributed by atoms with Crippen molar-refractivity contribution < 1.29 is 19.0 Å². The second kappa shape index (κ2) is 9.78. The lowest BCUT2D eigenvalue weighted by Gasteiger charge is -2.09. The Morgan fingerprint density at radius 3 is 2.84 bits per heavy atom. The van der Waals surface area contributed by atoms with Crippen molar-refractivity contribution in [3.8, 4) is 17.2 Å². The zero-order valence-electron chi connectivity index (χ0n) is 17.8. The number of carbonyl (C=O) groups excluding carboxylic acids is 1. The molecular weight excluding hydrogens is 430 g/mol. The number of methoxy groups -OCH3 is 1. The third-order valence-electron chi connectivity index (χ3n) is 4.97. The van der Waals surface area contributed by atoms with E-state index in [1.54, 1.807) is 14.0 Å². The average Bonchev–Trinajstić information content (AvgIpc) is 3.27. The van der Waals surface area contributed by atoms with Crippen LogP contribution < -0.4 is 25.1 Å². The van der Waals surface area contributed by atoms with E-state index in [-0.39, 0.29) is 24.7 Å². The van der Waals surface area contributed by atoms with Crippen molar-refractivity contribution in [2.45, 2.75) is 30.8 Å². The molecule has 0 saturated carbocycles. The first-order valence-corrected chi connectivity index (χ1v) is 11.0. The quantitative estimate of drug-likeness (QED) is 0.399. The summed E-state index contributed by atoms with van der Waals surface area (Å²) in [5, 5.41) is 3.35. The van der Waals surface area contributed by atoms with E-state index in [4.69, 9.17) is 14.2 Å². The van der Waals surface area contributed by atoms with Gasteiger partial charge in [0, 0.05) is 23.6 Å². The Labute approximate surface area is 189 Å².